The van der Waals surface area contributed by atoms with Crippen molar-refractivity contribution in [3.8, 4) is 5.88 Å². The van der Waals surface area contributed by atoms with Crippen molar-refractivity contribution in [2.75, 3.05) is 19.0 Å². The van der Waals surface area contributed by atoms with E-state index in [1.807, 2.05) is 6.07 Å². The Kier molecular flexibility index (Phi) is 3.27. The Morgan fingerprint density at radius 3 is 2.67 bits per heavy atom. The van der Waals surface area contributed by atoms with Crippen LogP contribution in [0.3, 0.4) is 0 Å². The third-order valence-electron chi connectivity index (χ3n) is 2.41. The molecule has 96 valence electrons. The van der Waals surface area contributed by atoms with E-state index in [1.54, 1.807) is 25.2 Å². The summed E-state index contributed by atoms with van der Waals surface area (Å²) in [6.07, 6.45) is -2.95. The Morgan fingerprint density at radius 1 is 1.22 bits per heavy atom. The third-order valence-corrected chi connectivity index (χ3v) is 2.41. The van der Waals surface area contributed by atoms with Crippen molar-refractivity contribution in [3.63, 3.8) is 0 Å². The standard InChI is InChI=1S/C12H11F3N2O/c1-16-10-4-2-3-9-8(10)5-6-17-11(9)18-7-12(13,14)15/h2-6,16H,7H2,1H3. The summed E-state index contributed by atoms with van der Waals surface area (Å²) < 4.78 is 41.1. The summed E-state index contributed by atoms with van der Waals surface area (Å²) >= 11 is 0. The Hall–Kier alpha value is -1.98. The molecule has 0 atom stereocenters. The second kappa shape index (κ2) is 4.72. The minimum Gasteiger partial charge on any atom is -0.468 e. The molecule has 0 spiro atoms. The molecule has 3 nitrogen and oxygen atoms in total. The first-order valence-electron chi connectivity index (χ1n) is 5.26. The van der Waals surface area contributed by atoms with Crippen molar-refractivity contribution < 1.29 is 17.9 Å². The van der Waals surface area contributed by atoms with Gasteiger partial charge in [-0.2, -0.15) is 13.2 Å². The largest absolute Gasteiger partial charge is 0.468 e. The van der Waals surface area contributed by atoms with Crippen LogP contribution in [0.2, 0.25) is 0 Å². The fourth-order valence-corrected chi connectivity index (χ4v) is 1.66. The summed E-state index contributed by atoms with van der Waals surface area (Å²) in [6, 6.07) is 6.96. The van der Waals surface area contributed by atoms with Crippen LogP contribution in [-0.2, 0) is 0 Å². The molecule has 1 aromatic carbocycles. The van der Waals surface area contributed by atoms with E-state index in [-0.39, 0.29) is 5.88 Å². The van der Waals surface area contributed by atoms with Crippen molar-refractivity contribution in [3.05, 3.63) is 30.5 Å². The van der Waals surface area contributed by atoms with Crippen molar-refractivity contribution >= 4 is 16.5 Å². The fraction of sp³-hybridized carbons (Fsp3) is 0.250. The fourth-order valence-electron chi connectivity index (χ4n) is 1.66. The number of halogens is 3. The molecule has 6 heteroatoms. The van der Waals surface area contributed by atoms with Crippen LogP contribution < -0.4 is 10.1 Å². The molecule has 0 bridgehead atoms. The quantitative estimate of drug-likeness (QED) is 0.915. The van der Waals surface area contributed by atoms with Gasteiger partial charge in [0.25, 0.3) is 0 Å². The van der Waals surface area contributed by atoms with Gasteiger partial charge < -0.3 is 10.1 Å². The molecule has 0 unspecified atom stereocenters. The average molecular weight is 256 g/mol. The average Bonchev–Trinajstić information content (AvgIpc) is 2.34. The number of benzene rings is 1. The molecule has 0 saturated carbocycles. The van der Waals surface area contributed by atoms with E-state index < -0.39 is 12.8 Å². The Bertz CT molecular complexity index is 555. The van der Waals surface area contributed by atoms with Crippen LogP contribution >= 0.6 is 0 Å². The molecule has 2 rings (SSSR count). The first-order valence-corrected chi connectivity index (χ1v) is 5.26. The van der Waals surface area contributed by atoms with Crippen LogP contribution in [0.4, 0.5) is 18.9 Å². The van der Waals surface area contributed by atoms with E-state index in [4.69, 9.17) is 4.74 Å². The van der Waals surface area contributed by atoms with Gasteiger partial charge in [0, 0.05) is 29.7 Å². The van der Waals surface area contributed by atoms with Gasteiger partial charge in [-0.05, 0) is 18.2 Å². The number of nitrogens with zero attached hydrogens (tertiary/aromatic N) is 1. The van der Waals surface area contributed by atoms with Gasteiger partial charge in [0.2, 0.25) is 5.88 Å². The molecule has 0 amide bonds. The number of pyridine rings is 1. The number of alkyl halides is 3. The molecule has 0 radical (unpaired) electrons. The lowest BCUT2D eigenvalue weighted by atomic mass is 10.1. The molecule has 0 aliphatic rings. The summed E-state index contributed by atoms with van der Waals surface area (Å²) in [5, 5.41) is 4.28. The van der Waals surface area contributed by atoms with Crippen LogP contribution in [0.15, 0.2) is 30.5 Å². The Morgan fingerprint density at radius 2 is 2.00 bits per heavy atom. The van der Waals surface area contributed by atoms with Crippen LogP contribution in [0.25, 0.3) is 10.8 Å². The topological polar surface area (TPSA) is 34.1 Å². The summed E-state index contributed by atoms with van der Waals surface area (Å²) in [5.74, 6) is -0.0121. The Labute approximate surface area is 102 Å². The van der Waals surface area contributed by atoms with Gasteiger partial charge in [-0.15, -0.1) is 0 Å². The highest BCUT2D eigenvalue weighted by Gasteiger charge is 2.29. The number of hydrogen-bond donors (Lipinski definition) is 1. The van der Waals surface area contributed by atoms with Gasteiger partial charge in [-0.3, -0.25) is 0 Å². The lowest BCUT2D eigenvalue weighted by Crippen LogP contribution is -2.19. The third kappa shape index (κ3) is 2.64. The van der Waals surface area contributed by atoms with E-state index in [1.165, 1.54) is 6.20 Å². The van der Waals surface area contributed by atoms with Crippen molar-refractivity contribution in [1.29, 1.82) is 0 Å². The Balaban J connectivity index is 2.40. The van der Waals surface area contributed by atoms with Gasteiger partial charge in [0.1, 0.15) is 0 Å². The van der Waals surface area contributed by atoms with E-state index in [0.717, 1.165) is 11.1 Å². The van der Waals surface area contributed by atoms with E-state index >= 15 is 0 Å². The summed E-state index contributed by atoms with van der Waals surface area (Å²) in [6.45, 7) is -1.34. The van der Waals surface area contributed by atoms with Crippen LogP contribution in [0.1, 0.15) is 0 Å². The maximum atomic E-state index is 12.1. The maximum absolute atomic E-state index is 12.1. The predicted molar refractivity (Wildman–Crippen MR) is 62.8 cm³/mol. The first kappa shape index (κ1) is 12.5. The van der Waals surface area contributed by atoms with Crippen LogP contribution in [0, 0.1) is 0 Å². The normalized spacial score (nSPS) is 11.6. The minimum atomic E-state index is -4.37. The van der Waals surface area contributed by atoms with Gasteiger partial charge in [0.15, 0.2) is 6.61 Å². The molecule has 2 aromatic rings. The molecular weight excluding hydrogens is 245 g/mol. The first-order chi connectivity index (χ1) is 8.51. The highest BCUT2D eigenvalue weighted by Crippen LogP contribution is 2.29. The van der Waals surface area contributed by atoms with E-state index in [9.17, 15) is 13.2 Å². The van der Waals surface area contributed by atoms with Gasteiger partial charge in [-0.25, -0.2) is 4.98 Å². The number of anilines is 1. The van der Waals surface area contributed by atoms with E-state index in [0.29, 0.717) is 5.39 Å². The number of nitrogens with one attached hydrogen (secondary N) is 1. The molecule has 0 fully saturated rings. The molecular formula is C12H11F3N2O. The van der Waals surface area contributed by atoms with Crippen LogP contribution in [0.5, 0.6) is 5.88 Å². The minimum absolute atomic E-state index is 0.0121. The molecule has 18 heavy (non-hydrogen) atoms. The van der Waals surface area contributed by atoms with E-state index in [2.05, 4.69) is 10.3 Å². The monoisotopic (exact) mass is 256 g/mol. The van der Waals surface area contributed by atoms with Gasteiger partial charge >= 0.3 is 6.18 Å². The highest BCUT2D eigenvalue weighted by atomic mass is 19.4. The SMILES string of the molecule is CNc1cccc2c(OCC(F)(F)F)nccc12. The predicted octanol–water partition coefficient (Wildman–Crippen LogP) is 3.22. The lowest BCUT2D eigenvalue weighted by molar-refractivity contribution is -0.153. The maximum Gasteiger partial charge on any atom is 0.422 e. The zero-order valence-electron chi connectivity index (χ0n) is 9.58. The van der Waals surface area contributed by atoms with Gasteiger partial charge in [0.05, 0.1) is 0 Å². The summed E-state index contributed by atoms with van der Waals surface area (Å²) in [4.78, 5) is 3.84. The summed E-state index contributed by atoms with van der Waals surface area (Å²) in [7, 11) is 1.74. The highest BCUT2D eigenvalue weighted by molar-refractivity contribution is 5.96. The zero-order valence-corrected chi connectivity index (χ0v) is 9.58. The van der Waals surface area contributed by atoms with Crippen LogP contribution in [-0.4, -0.2) is 24.8 Å². The number of hydrogen-bond acceptors (Lipinski definition) is 3. The number of fused-ring (bicyclic) bond motifs is 1. The molecule has 0 saturated heterocycles. The lowest BCUT2D eigenvalue weighted by Gasteiger charge is -2.11. The van der Waals surface area contributed by atoms with Gasteiger partial charge in [-0.1, -0.05) is 6.07 Å². The molecule has 0 aliphatic carbocycles. The van der Waals surface area contributed by atoms with Crippen molar-refractivity contribution in [2.24, 2.45) is 0 Å². The second-order valence-corrected chi connectivity index (χ2v) is 3.67. The molecule has 0 aliphatic heterocycles. The summed E-state index contributed by atoms with van der Waals surface area (Å²) in [5.41, 5.74) is 0.812. The second-order valence-electron chi connectivity index (χ2n) is 3.67. The molecule has 1 N–H and O–H groups in total. The molecule has 1 heterocycles. The number of ether oxygens (including phenoxy) is 1. The van der Waals surface area contributed by atoms with Crippen molar-refractivity contribution in [2.45, 2.75) is 6.18 Å². The number of aromatic nitrogens is 1. The molecule has 1 aromatic heterocycles. The smallest absolute Gasteiger partial charge is 0.422 e. The zero-order chi connectivity index (χ0) is 13.2. The van der Waals surface area contributed by atoms with Crippen molar-refractivity contribution in [1.82, 2.24) is 4.98 Å². The number of rotatable bonds is 3.